The minimum atomic E-state index is -0.916. The molecule has 2 aromatic rings. The molecule has 1 saturated carbocycles. The van der Waals surface area contributed by atoms with Crippen molar-refractivity contribution in [1.29, 1.82) is 0 Å². The second-order valence-corrected chi connectivity index (χ2v) is 6.20. The quantitative estimate of drug-likeness (QED) is 0.819. The van der Waals surface area contributed by atoms with Gasteiger partial charge in [-0.25, -0.2) is 4.79 Å². The Morgan fingerprint density at radius 1 is 1.29 bits per heavy atom. The van der Waals surface area contributed by atoms with E-state index in [1.807, 2.05) is 18.2 Å². The topological polar surface area (TPSA) is 40.5 Å². The molecule has 0 saturated heterocycles. The van der Waals surface area contributed by atoms with E-state index in [0.29, 0.717) is 6.04 Å². The van der Waals surface area contributed by atoms with Crippen LogP contribution >= 0.6 is 11.3 Å². The summed E-state index contributed by atoms with van der Waals surface area (Å²) in [5.41, 5.74) is 2.08. The summed E-state index contributed by atoms with van der Waals surface area (Å²) in [6.45, 7) is 0.889. The number of benzene rings is 1. The van der Waals surface area contributed by atoms with Crippen LogP contribution in [0.2, 0.25) is 0 Å². The number of aliphatic carboxylic acids is 1. The van der Waals surface area contributed by atoms with Crippen molar-refractivity contribution in [3.05, 3.63) is 58.3 Å². The zero-order valence-corrected chi connectivity index (χ0v) is 12.4. The number of carbonyl (C=O) groups is 1. The fraction of sp³-hybridized carbons (Fsp3) is 0.235. The molecule has 0 unspecified atom stereocenters. The molecule has 3 nitrogen and oxygen atoms in total. The third-order valence-electron chi connectivity index (χ3n) is 3.55. The van der Waals surface area contributed by atoms with E-state index in [4.69, 9.17) is 5.11 Å². The van der Waals surface area contributed by atoms with Gasteiger partial charge in [0.25, 0.3) is 0 Å². The number of para-hydroxylation sites is 1. The van der Waals surface area contributed by atoms with E-state index in [1.54, 1.807) is 17.4 Å². The Morgan fingerprint density at radius 2 is 2.10 bits per heavy atom. The molecule has 1 aromatic heterocycles. The van der Waals surface area contributed by atoms with Gasteiger partial charge in [-0.1, -0.05) is 24.3 Å². The van der Waals surface area contributed by atoms with Crippen molar-refractivity contribution >= 4 is 29.1 Å². The molecule has 1 aliphatic carbocycles. The van der Waals surface area contributed by atoms with Gasteiger partial charge in [0.15, 0.2) is 0 Å². The monoisotopic (exact) mass is 299 g/mol. The molecule has 0 spiro atoms. The second kappa shape index (κ2) is 6.14. The SMILES string of the molecule is O=C(O)C=Cc1ccccc1N(Cc1cccs1)C1CC1. The molecule has 1 N–H and O–H groups in total. The van der Waals surface area contributed by atoms with Gasteiger partial charge in [0, 0.05) is 22.7 Å². The van der Waals surface area contributed by atoms with Crippen LogP contribution in [0, 0.1) is 0 Å². The number of nitrogens with zero attached hydrogens (tertiary/aromatic N) is 1. The molecule has 1 heterocycles. The number of hydrogen-bond donors (Lipinski definition) is 1. The first-order chi connectivity index (χ1) is 10.2. The van der Waals surface area contributed by atoms with E-state index < -0.39 is 5.97 Å². The number of carboxylic acid groups (broad SMARTS) is 1. The number of carboxylic acids is 1. The largest absolute Gasteiger partial charge is 0.478 e. The zero-order valence-electron chi connectivity index (χ0n) is 11.6. The van der Waals surface area contributed by atoms with Crippen LogP contribution in [0.3, 0.4) is 0 Å². The summed E-state index contributed by atoms with van der Waals surface area (Å²) in [4.78, 5) is 14.5. The molecule has 0 bridgehead atoms. The highest BCUT2D eigenvalue weighted by atomic mass is 32.1. The Hall–Kier alpha value is -2.07. The van der Waals surface area contributed by atoms with Gasteiger partial charge in [-0.15, -0.1) is 11.3 Å². The number of hydrogen-bond acceptors (Lipinski definition) is 3. The standard InChI is InChI=1S/C17H17NO2S/c19-17(20)10-7-13-4-1-2-6-16(13)18(14-8-9-14)12-15-5-3-11-21-15/h1-7,10-11,14H,8-9,12H2,(H,19,20). The minimum Gasteiger partial charge on any atom is -0.478 e. The fourth-order valence-electron chi connectivity index (χ4n) is 2.42. The van der Waals surface area contributed by atoms with Crippen LogP contribution < -0.4 is 4.90 Å². The summed E-state index contributed by atoms with van der Waals surface area (Å²) < 4.78 is 0. The molecule has 1 aliphatic rings. The Morgan fingerprint density at radius 3 is 2.76 bits per heavy atom. The maximum atomic E-state index is 10.8. The molecule has 1 fully saturated rings. The summed E-state index contributed by atoms with van der Waals surface area (Å²) in [6.07, 6.45) is 5.31. The minimum absolute atomic E-state index is 0.575. The van der Waals surface area contributed by atoms with Crippen molar-refractivity contribution in [2.75, 3.05) is 4.90 Å². The summed E-state index contributed by atoms with van der Waals surface area (Å²) in [6, 6.07) is 12.8. The zero-order chi connectivity index (χ0) is 14.7. The van der Waals surface area contributed by atoms with Crippen LogP contribution in [0.25, 0.3) is 6.08 Å². The van der Waals surface area contributed by atoms with Gasteiger partial charge in [-0.3, -0.25) is 0 Å². The van der Waals surface area contributed by atoms with Gasteiger partial charge >= 0.3 is 5.97 Å². The van der Waals surface area contributed by atoms with Crippen molar-refractivity contribution < 1.29 is 9.90 Å². The first-order valence-electron chi connectivity index (χ1n) is 7.03. The molecule has 108 valence electrons. The highest BCUT2D eigenvalue weighted by molar-refractivity contribution is 7.09. The maximum absolute atomic E-state index is 10.8. The van der Waals surface area contributed by atoms with Gasteiger partial charge < -0.3 is 10.0 Å². The molecule has 0 amide bonds. The molecule has 21 heavy (non-hydrogen) atoms. The summed E-state index contributed by atoms with van der Waals surface area (Å²) in [7, 11) is 0. The molecular weight excluding hydrogens is 282 g/mol. The van der Waals surface area contributed by atoms with Gasteiger partial charge in [0.05, 0.1) is 6.54 Å². The first-order valence-corrected chi connectivity index (χ1v) is 7.91. The Labute approximate surface area is 128 Å². The van der Waals surface area contributed by atoms with Gasteiger partial charge in [0.2, 0.25) is 0 Å². The van der Waals surface area contributed by atoms with Crippen molar-refractivity contribution in [3.8, 4) is 0 Å². The van der Waals surface area contributed by atoms with Crippen molar-refractivity contribution in [3.63, 3.8) is 0 Å². The number of rotatable bonds is 6. The molecule has 1 aromatic carbocycles. The third-order valence-corrected chi connectivity index (χ3v) is 4.41. The Kier molecular flexibility index (Phi) is 4.06. The predicted octanol–water partition coefficient (Wildman–Crippen LogP) is 4.01. The number of thiophene rings is 1. The normalized spacial score (nSPS) is 14.5. The lowest BCUT2D eigenvalue weighted by molar-refractivity contribution is -0.131. The van der Waals surface area contributed by atoms with Gasteiger partial charge in [-0.05, 0) is 42.0 Å². The molecular formula is C17H17NO2S. The van der Waals surface area contributed by atoms with Crippen molar-refractivity contribution in [2.24, 2.45) is 0 Å². The fourth-order valence-corrected chi connectivity index (χ4v) is 3.12. The second-order valence-electron chi connectivity index (χ2n) is 5.17. The Bertz CT molecular complexity index is 645. The van der Waals surface area contributed by atoms with Crippen LogP contribution in [0.15, 0.2) is 47.9 Å². The third kappa shape index (κ3) is 3.52. The van der Waals surface area contributed by atoms with E-state index in [0.717, 1.165) is 17.8 Å². The average Bonchev–Trinajstić information content (AvgIpc) is 3.20. The van der Waals surface area contributed by atoms with Gasteiger partial charge in [-0.2, -0.15) is 0 Å². The van der Waals surface area contributed by atoms with E-state index in [2.05, 4.69) is 28.5 Å². The maximum Gasteiger partial charge on any atom is 0.328 e. The summed E-state index contributed by atoms with van der Waals surface area (Å²) in [5, 5.41) is 10.9. The smallest absolute Gasteiger partial charge is 0.328 e. The highest BCUT2D eigenvalue weighted by Crippen LogP contribution is 2.35. The van der Waals surface area contributed by atoms with Crippen LogP contribution in [0.5, 0.6) is 0 Å². The van der Waals surface area contributed by atoms with Crippen LogP contribution in [0.4, 0.5) is 5.69 Å². The lowest BCUT2D eigenvalue weighted by Crippen LogP contribution is -2.25. The first kappa shape index (κ1) is 13.9. The Balaban J connectivity index is 1.90. The molecule has 0 aliphatic heterocycles. The van der Waals surface area contributed by atoms with Crippen molar-refractivity contribution in [2.45, 2.75) is 25.4 Å². The van der Waals surface area contributed by atoms with E-state index in [1.165, 1.54) is 23.8 Å². The summed E-state index contributed by atoms with van der Waals surface area (Å²) >= 11 is 1.76. The predicted molar refractivity (Wildman–Crippen MR) is 86.6 cm³/mol. The lowest BCUT2D eigenvalue weighted by atomic mass is 10.1. The lowest BCUT2D eigenvalue weighted by Gasteiger charge is -2.26. The molecule has 4 heteroatoms. The van der Waals surface area contributed by atoms with E-state index >= 15 is 0 Å². The van der Waals surface area contributed by atoms with Crippen LogP contribution in [-0.4, -0.2) is 17.1 Å². The molecule has 0 atom stereocenters. The molecule has 3 rings (SSSR count). The van der Waals surface area contributed by atoms with E-state index in [-0.39, 0.29) is 0 Å². The summed E-state index contributed by atoms with van der Waals surface area (Å²) in [5.74, 6) is -0.916. The average molecular weight is 299 g/mol. The van der Waals surface area contributed by atoms with Crippen LogP contribution in [-0.2, 0) is 11.3 Å². The number of anilines is 1. The highest BCUT2D eigenvalue weighted by Gasteiger charge is 2.30. The van der Waals surface area contributed by atoms with Crippen molar-refractivity contribution in [1.82, 2.24) is 0 Å². The molecule has 0 radical (unpaired) electrons. The van der Waals surface area contributed by atoms with E-state index in [9.17, 15) is 4.79 Å². The van der Waals surface area contributed by atoms with Crippen LogP contribution in [0.1, 0.15) is 23.3 Å². The van der Waals surface area contributed by atoms with Gasteiger partial charge in [0.1, 0.15) is 0 Å².